The number of hydrogen-bond donors (Lipinski definition) is 0. The normalized spacial score (nSPS) is 13.3. The molecule has 0 amide bonds. The maximum absolute atomic E-state index is 2.42. The number of hydrogen-bond acceptors (Lipinski definition) is 0. The van der Waals surface area contributed by atoms with Gasteiger partial charge in [0.25, 0.3) is 0 Å². The molecule has 2 unspecified atom stereocenters. The van der Waals surface area contributed by atoms with E-state index in [2.05, 4.69) is 41.5 Å². The summed E-state index contributed by atoms with van der Waals surface area (Å²) in [6.07, 6.45) is 5.62. The standard InChI is InChI=1S/C14H30.2C2H6/c1-11(2)7-9-13(5)14(6)10-8-12(3)4;2*1-2/h11-14H,7-10H2,1-6H3;2*1-2H3. The van der Waals surface area contributed by atoms with Crippen molar-refractivity contribution in [2.45, 2.75) is 94.9 Å². The molecule has 0 heteroatoms. The van der Waals surface area contributed by atoms with Crippen LogP contribution in [0.2, 0.25) is 0 Å². The van der Waals surface area contributed by atoms with E-state index >= 15 is 0 Å². The zero-order valence-corrected chi connectivity index (χ0v) is 15.1. The first kappa shape index (κ1) is 23.1. The fourth-order valence-corrected chi connectivity index (χ4v) is 1.76. The summed E-state index contributed by atoms with van der Waals surface area (Å²) < 4.78 is 0. The molecule has 0 spiro atoms. The van der Waals surface area contributed by atoms with E-state index in [0.29, 0.717) is 0 Å². The van der Waals surface area contributed by atoms with E-state index in [9.17, 15) is 0 Å². The van der Waals surface area contributed by atoms with Crippen LogP contribution in [0.5, 0.6) is 0 Å². The third-order valence-corrected chi connectivity index (χ3v) is 3.37. The monoisotopic (exact) mass is 258 g/mol. The van der Waals surface area contributed by atoms with Crippen LogP contribution in [0.1, 0.15) is 94.9 Å². The number of rotatable bonds is 7. The van der Waals surface area contributed by atoms with Gasteiger partial charge in [0.2, 0.25) is 0 Å². The van der Waals surface area contributed by atoms with E-state index in [1.165, 1.54) is 25.7 Å². The van der Waals surface area contributed by atoms with Gasteiger partial charge in [0.05, 0.1) is 0 Å². The summed E-state index contributed by atoms with van der Waals surface area (Å²) in [5.41, 5.74) is 0. The van der Waals surface area contributed by atoms with Crippen LogP contribution in [0.15, 0.2) is 0 Å². The summed E-state index contributed by atoms with van der Waals surface area (Å²) in [4.78, 5) is 0. The molecule has 0 nitrogen and oxygen atoms in total. The van der Waals surface area contributed by atoms with Gasteiger partial charge in [-0.05, 0) is 23.7 Å². The van der Waals surface area contributed by atoms with Gasteiger partial charge >= 0.3 is 0 Å². The largest absolute Gasteiger partial charge is 0.0683 e. The van der Waals surface area contributed by atoms with Crippen molar-refractivity contribution in [2.24, 2.45) is 23.7 Å². The maximum Gasteiger partial charge on any atom is -0.0417 e. The SMILES string of the molecule is CC.CC.CC(C)CCC(C)C(C)CCC(C)C. The molecular formula is C18H42. The van der Waals surface area contributed by atoms with Crippen LogP contribution >= 0.6 is 0 Å². The molecule has 0 aromatic rings. The molecule has 0 aliphatic carbocycles. The first-order chi connectivity index (χ1) is 8.43. The van der Waals surface area contributed by atoms with E-state index < -0.39 is 0 Å². The fraction of sp³-hybridized carbons (Fsp3) is 1.00. The second-order valence-electron chi connectivity index (χ2n) is 5.90. The highest BCUT2D eigenvalue weighted by Gasteiger charge is 2.12. The Bertz CT molecular complexity index is 108. The van der Waals surface area contributed by atoms with Gasteiger partial charge in [0.1, 0.15) is 0 Å². The predicted molar refractivity (Wildman–Crippen MR) is 89.2 cm³/mol. The molecular weight excluding hydrogens is 216 g/mol. The van der Waals surface area contributed by atoms with Crippen molar-refractivity contribution in [1.82, 2.24) is 0 Å². The van der Waals surface area contributed by atoms with Gasteiger partial charge in [0.15, 0.2) is 0 Å². The van der Waals surface area contributed by atoms with Gasteiger partial charge in [-0.1, -0.05) is 94.9 Å². The lowest BCUT2D eigenvalue weighted by molar-refractivity contribution is 0.303. The second-order valence-corrected chi connectivity index (χ2v) is 5.90. The average molecular weight is 259 g/mol. The Balaban J connectivity index is -0.000000506. The van der Waals surface area contributed by atoms with E-state index in [-0.39, 0.29) is 0 Å². The van der Waals surface area contributed by atoms with Crippen molar-refractivity contribution < 1.29 is 0 Å². The molecule has 0 fully saturated rings. The first-order valence-corrected chi connectivity index (χ1v) is 8.43. The summed E-state index contributed by atoms with van der Waals surface area (Å²) in [5, 5.41) is 0. The molecule has 0 rings (SSSR count). The molecule has 0 saturated heterocycles. The minimum absolute atomic E-state index is 0.870. The van der Waals surface area contributed by atoms with E-state index in [1.54, 1.807) is 0 Å². The molecule has 0 heterocycles. The minimum atomic E-state index is 0.870. The van der Waals surface area contributed by atoms with Crippen LogP contribution in [0.3, 0.4) is 0 Å². The van der Waals surface area contributed by atoms with Crippen LogP contribution in [0.4, 0.5) is 0 Å². The summed E-state index contributed by atoms with van der Waals surface area (Å²) in [6.45, 7) is 22.1. The predicted octanol–water partition coefficient (Wildman–Crippen LogP) is 7.18. The topological polar surface area (TPSA) is 0 Å². The Labute approximate surface area is 119 Å². The van der Waals surface area contributed by atoms with E-state index in [1.807, 2.05) is 27.7 Å². The molecule has 0 bridgehead atoms. The lowest BCUT2D eigenvalue weighted by Gasteiger charge is -2.21. The molecule has 0 saturated carbocycles. The maximum atomic E-state index is 2.42. The molecule has 0 N–H and O–H groups in total. The summed E-state index contributed by atoms with van der Waals surface area (Å²) >= 11 is 0. The van der Waals surface area contributed by atoms with Crippen LogP contribution in [-0.2, 0) is 0 Å². The van der Waals surface area contributed by atoms with Crippen molar-refractivity contribution in [3.05, 3.63) is 0 Å². The van der Waals surface area contributed by atoms with Crippen molar-refractivity contribution in [1.29, 1.82) is 0 Å². The Morgan fingerprint density at radius 2 is 0.667 bits per heavy atom. The molecule has 18 heavy (non-hydrogen) atoms. The average Bonchev–Trinajstić information content (AvgIpc) is 2.37. The third-order valence-electron chi connectivity index (χ3n) is 3.37. The van der Waals surface area contributed by atoms with Gasteiger partial charge in [-0.15, -0.1) is 0 Å². The van der Waals surface area contributed by atoms with Gasteiger partial charge in [-0.25, -0.2) is 0 Å². The molecule has 0 aliphatic rings. The zero-order valence-electron chi connectivity index (χ0n) is 15.1. The molecule has 0 aromatic heterocycles. The van der Waals surface area contributed by atoms with Crippen molar-refractivity contribution in [2.75, 3.05) is 0 Å². The van der Waals surface area contributed by atoms with Gasteiger partial charge < -0.3 is 0 Å². The molecule has 2 atom stereocenters. The quantitative estimate of drug-likeness (QED) is 0.453. The van der Waals surface area contributed by atoms with Gasteiger partial charge in [-0.2, -0.15) is 0 Å². The van der Waals surface area contributed by atoms with Crippen molar-refractivity contribution in [3.63, 3.8) is 0 Å². The zero-order chi connectivity index (χ0) is 15.1. The van der Waals surface area contributed by atoms with Crippen molar-refractivity contribution >= 4 is 0 Å². The van der Waals surface area contributed by atoms with E-state index in [0.717, 1.165) is 23.7 Å². The lowest BCUT2D eigenvalue weighted by Crippen LogP contribution is -2.10. The minimum Gasteiger partial charge on any atom is -0.0683 e. The first-order valence-electron chi connectivity index (χ1n) is 8.43. The Morgan fingerprint density at radius 1 is 0.444 bits per heavy atom. The van der Waals surface area contributed by atoms with Crippen molar-refractivity contribution in [3.8, 4) is 0 Å². The molecule has 0 aliphatic heterocycles. The summed E-state index contributed by atoms with van der Waals surface area (Å²) in [7, 11) is 0. The van der Waals surface area contributed by atoms with Crippen LogP contribution in [-0.4, -0.2) is 0 Å². The lowest BCUT2D eigenvalue weighted by atomic mass is 9.85. The highest BCUT2D eigenvalue weighted by atomic mass is 14.2. The highest BCUT2D eigenvalue weighted by Crippen LogP contribution is 2.24. The fourth-order valence-electron chi connectivity index (χ4n) is 1.76. The third kappa shape index (κ3) is 18.4. The Kier molecular flexibility index (Phi) is 21.8. The van der Waals surface area contributed by atoms with Crippen LogP contribution in [0, 0.1) is 23.7 Å². The van der Waals surface area contributed by atoms with E-state index in [4.69, 9.17) is 0 Å². The van der Waals surface area contributed by atoms with Gasteiger partial charge in [0, 0.05) is 0 Å². The van der Waals surface area contributed by atoms with Gasteiger partial charge in [-0.3, -0.25) is 0 Å². The summed E-state index contributed by atoms with van der Waals surface area (Å²) in [6, 6.07) is 0. The second kappa shape index (κ2) is 17.0. The Morgan fingerprint density at radius 3 is 0.833 bits per heavy atom. The summed E-state index contributed by atoms with van der Waals surface area (Å²) in [5.74, 6) is 3.57. The van der Waals surface area contributed by atoms with Crippen LogP contribution < -0.4 is 0 Å². The smallest absolute Gasteiger partial charge is 0.0417 e. The Hall–Kier alpha value is 0. The van der Waals surface area contributed by atoms with Crippen LogP contribution in [0.25, 0.3) is 0 Å². The highest BCUT2D eigenvalue weighted by molar-refractivity contribution is 4.64. The molecule has 0 radical (unpaired) electrons. The molecule has 114 valence electrons. The molecule has 0 aromatic carbocycles.